The average molecular weight is 301 g/mol. The highest BCUT2D eigenvalue weighted by Crippen LogP contribution is 2.17. The lowest BCUT2D eigenvalue weighted by molar-refractivity contribution is 0.102. The quantitative estimate of drug-likeness (QED) is 0.773. The van der Waals surface area contributed by atoms with Crippen molar-refractivity contribution < 1.29 is 4.79 Å². The molecule has 3 rings (SSSR count). The van der Waals surface area contributed by atoms with Gasteiger partial charge in [-0.1, -0.05) is 29.0 Å². The number of hydrogen-bond donors (Lipinski definition) is 1. The fraction of sp³-hybridized carbons (Fsp3) is 0.154. The Morgan fingerprint density at radius 1 is 1.29 bits per heavy atom. The summed E-state index contributed by atoms with van der Waals surface area (Å²) in [6.45, 7) is 3.47. The SMILES string of the molecule is Cc1cccc(C(=O)Nc2nn3c(=O)c(C)nnc3s2)c1. The summed E-state index contributed by atoms with van der Waals surface area (Å²) in [5.41, 5.74) is 1.44. The molecule has 0 saturated carbocycles. The van der Waals surface area contributed by atoms with Gasteiger partial charge in [-0.2, -0.15) is 4.52 Å². The van der Waals surface area contributed by atoms with Crippen LogP contribution in [0.1, 0.15) is 21.6 Å². The van der Waals surface area contributed by atoms with E-state index in [1.165, 1.54) is 0 Å². The molecule has 8 heteroatoms. The number of rotatable bonds is 2. The molecule has 1 amide bonds. The zero-order valence-electron chi connectivity index (χ0n) is 11.3. The van der Waals surface area contributed by atoms with Gasteiger partial charge in [0.2, 0.25) is 10.1 Å². The minimum absolute atomic E-state index is 0.259. The highest BCUT2D eigenvalue weighted by atomic mass is 32.1. The molecule has 0 saturated heterocycles. The first kappa shape index (κ1) is 13.4. The first-order chi connectivity index (χ1) is 10.0. The van der Waals surface area contributed by atoms with Crippen molar-refractivity contribution in [2.24, 2.45) is 0 Å². The van der Waals surface area contributed by atoms with Gasteiger partial charge < -0.3 is 0 Å². The van der Waals surface area contributed by atoms with Gasteiger partial charge in [0.15, 0.2) is 0 Å². The van der Waals surface area contributed by atoms with E-state index in [2.05, 4.69) is 20.6 Å². The summed E-state index contributed by atoms with van der Waals surface area (Å²) >= 11 is 1.09. The van der Waals surface area contributed by atoms with E-state index >= 15 is 0 Å². The van der Waals surface area contributed by atoms with Gasteiger partial charge in [-0.05, 0) is 26.0 Å². The van der Waals surface area contributed by atoms with Gasteiger partial charge in [0.05, 0.1) is 0 Å². The van der Waals surface area contributed by atoms with Crippen molar-refractivity contribution in [1.82, 2.24) is 19.8 Å². The Morgan fingerprint density at radius 3 is 2.86 bits per heavy atom. The highest BCUT2D eigenvalue weighted by molar-refractivity contribution is 7.20. The third-order valence-electron chi connectivity index (χ3n) is 2.85. The number of nitrogens with one attached hydrogen (secondary N) is 1. The van der Waals surface area contributed by atoms with Crippen LogP contribution < -0.4 is 10.9 Å². The van der Waals surface area contributed by atoms with Crippen molar-refractivity contribution in [3.8, 4) is 0 Å². The largest absolute Gasteiger partial charge is 0.296 e. The zero-order valence-corrected chi connectivity index (χ0v) is 12.1. The molecule has 2 aromatic heterocycles. The van der Waals surface area contributed by atoms with Crippen LogP contribution in [0, 0.1) is 13.8 Å². The van der Waals surface area contributed by atoms with E-state index in [0.29, 0.717) is 15.7 Å². The Bertz CT molecular complexity index is 899. The number of benzene rings is 1. The number of aryl methyl sites for hydroxylation is 2. The molecule has 0 aliphatic rings. The van der Waals surface area contributed by atoms with E-state index in [1.54, 1.807) is 19.1 Å². The molecule has 0 radical (unpaired) electrons. The van der Waals surface area contributed by atoms with E-state index in [9.17, 15) is 9.59 Å². The lowest BCUT2D eigenvalue weighted by Gasteiger charge is -2.01. The molecule has 0 atom stereocenters. The number of hydrogen-bond acceptors (Lipinski definition) is 6. The predicted molar refractivity (Wildman–Crippen MR) is 78.8 cm³/mol. The van der Waals surface area contributed by atoms with Crippen molar-refractivity contribution in [3.05, 3.63) is 51.4 Å². The fourth-order valence-corrected chi connectivity index (χ4v) is 2.53. The summed E-state index contributed by atoms with van der Waals surface area (Å²) in [6.07, 6.45) is 0. The molecule has 0 aliphatic carbocycles. The van der Waals surface area contributed by atoms with Gasteiger partial charge in [0.25, 0.3) is 11.5 Å². The molecule has 21 heavy (non-hydrogen) atoms. The normalized spacial score (nSPS) is 10.8. The second kappa shape index (κ2) is 5.06. The minimum atomic E-state index is -0.340. The van der Waals surface area contributed by atoms with E-state index in [-0.39, 0.29) is 17.2 Å². The van der Waals surface area contributed by atoms with E-state index < -0.39 is 0 Å². The molecule has 1 N–H and O–H groups in total. The van der Waals surface area contributed by atoms with Crippen LogP contribution in [0.15, 0.2) is 29.1 Å². The highest BCUT2D eigenvalue weighted by Gasteiger charge is 2.12. The molecule has 1 aromatic carbocycles. The Hall–Kier alpha value is -2.61. The average Bonchev–Trinajstić information content (AvgIpc) is 2.86. The maximum absolute atomic E-state index is 12.1. The van der Waals surface area contributed by atoms with Gasteiger partial charge in [0.1, 0.15) is 5.69 Å². The van der Waals surface area contributed by atoms with E-state index in [0.717, 1.165) is 21.4 Å². The smallest absolute Gasteiger partial charge is 0.296 e. The molecule has 2 heterocycles. The number of carbonyl (C=O) groups is 1. The van der Waals surface area contributed by atoms with Crippen molar-refractivity contribution in [2.75, 3.05) is 5.32 Å². The molecular weight excluding hydrogens is 290 g/mol. The first-order valence-corrected chi connectivity index (χ1v) is 6.97. The molecule has 0 aliphatic heterocycles. The summed E-state index contributed by atoms with van der Waals surface area (Å²) in [5.74, 6) is -0.282. The van der Waals surface area contributed by atoms with Crippen molar-refractivity contribution in [1.29, 1.82) is 0 Å². The van der Waals surface area contributed by atoms with Crippen LogP contribution in [-0.2, 0) is 0 Å². The Labute approximate surface area is 123 Å². The fourth-order valence-electron chi connectivity index (χ4n) is 1.80. The van der Waals surface area contributed by atoms with Gasteiger partial charge in [0, 0.05) is 5.56 Å². The Balaban J connectivity index is 1.93. The summed E-state index contributed by atoms with van der Waals surface area (Å²) in [7, 11) is 0. The number of anilines is 1. The van der Waals surface area contributed by atoms with Crippen LogP contribution in [0.2, 0.25) is 0 Å². The summed E-state index contributed by atoms with van der Waals surface area (Å²) < 4.78 is 1.14. The third kappa shape index (κ3) is 2.52. The van der Waals surface area contributed by atoms with E-state index in [1.807, 2.05) is 19.1 Å². The first-order valence-electron chi connectivity index (χ1n) is 6.16. The lowest BCUT2D eigenvalue weighted by Crippen LogP contribution is -2.19. The maximum atomic E-state index is 12.1. The predicted octanol–water partition coefficient (Wildman–Crippen LogP) is 1.42. The second-order valence-electron chi connectivity index (χ2n) is 4.52. The lowest BCUT2D eigenvalue weighted by atomic mass is 10.1. The van der Waals surface area contributed by atoms with Gasteiger partial charge >= 0.3 is 0 Å². The Kier molecular flexibility index (Phi) is 3.22. The second-order valence-corrected chi connectivity index (χ2v) is 5.47. The molecule has 0 bridgehead atoms. The number of fused-ring (bicyclic) bond motifs is 1. The number of amides is 1. The van der Waals surface area contributed by atoms with Gasteiger partial charge in [-0.15, -0.1) is 15.3 Å². The molecule has 106 valence electrons. The Morgan fingerprint density at radius 2 is 2.10 bits per heavy atom. The van der Waals surface area contributed by atoms with Crippen LogP contribution in [-0.4, -0.2) is 25.7 Å². The zero-order chi connectivity index (χ0) is 15.0. The van der Waals surface area contributed by atoms with Gasteiger partial charge in [-0.25, -0.2) is 0 Å². The van der Waals surface area contributed by atoms with Crippen LogP contribution in [0.5, 0.6) is 0 Å². The summed E-state index contributed by atoms with van der Waals surface area (Å²) in [5, 5.41) is 14.6. The molecular formula is C13H11N5O2S. The van der Waals surface area contributed by atoms with Crippen LogP contribution >= 0.6 is 11.3 Å². The summed E-state index contributed by atoms with van der Waals surface area (Å²) in [6, 6.07) is 7.21. The number of carbonyl (C=O) groups excluding carboxylic acids is 1. The van der Waals surface area contributed by atoms with Crippen molar-refractivity contribution in [3.63, 3.8) is 0 Å². The standard InChI is InChI=1S/C13H11N5O2S/c1-7-4-3-5-9(6-7)10(19)14-12-17-18-11(20)8(2)15-16-13(18)21-12/h3-6H,1-2H3,(H,14,17,19). The van der Waals surface area contributed by atoms with Crippen LogP contribution in [0.4, 0.5) is 5.13 Å². The molecule has 0 unspecified atom stereocenters. The molecule has 3 aromatic rings. The van der Waals surface area contributed by atoms with E-state index in [4.69, 9.17) is 0 Å². The number of nitrogens with zero attached hydrogens (tertiary/aromatic N) is 4. The monoisotopic (exact) mass is 301 g/mol. The number of aromatic nitrogens is 4. The third-order valence-corrected chi connectivity index (χ3v) is 3.66. The van der Waals surface area contributed by atoms with Crippen molar-refractivity contribution >= 4 is 27.3 Å². The molecule has 7 nitrogen and oxygen atoms in total. The molecule has 0 fully saturated rings. The topological polar surface area (TPSA) is 89.3 Å². The summed E-state index contributed by atoms with van der Waals surface area (Å²) in [4.78, 5) is 24.3. The van der Waals surface area contributed by atoms with Crippen LogP contribution in [0.3, 0.4) is 0 Å². The van der Waals surface area contributed by atoms with Gasteiger partial charge in [-0.3, -0.25) is 14.9 Å². The van der Waals surface area contributed by atoms with Crippen molar-refractivity contribution in [2.45, 2.75) is 13.8 Å². The minimum Gasteiger partial charge on any atom is -0.296 e. The van der Waals surface area contributed by atoms with Crippen LogP contribution in [0.25, 0.3) is 4.96 Å². The molecule has 0 spiro atoms. The maximum Gasteiger partial charge on any atom is 0.296 e.